The molecule has 168 valence electrons. The van der Waals surface area contributed by atoms with Crippen LogP contribution in [0.5, 0.6) is 11.5 Å². The minimum Gasteiger partial charge on any atom is -0.496 e. The Morgan fingerprint density at radius 3 is 2.73 bits per heavy atom. The zero-order valence-corrected chi connectivity index (χ0v) is 18.3. The maximum absolute atomic E-state index is 11.5. The summed E-state index contributed by atoms with van der Waals surface area (Å²) in [5, 5.41) is 9.65. The number of aromatic nitrogens is 2. The van der Waals surface area contributed by atoms with Gasteiger partial charge in [0.2, 0.25) is 0 Å². The maximum atomic E-state index is 11.5. The highest BCUT2D eigenvalue weighted by Gasteiger charge is 2.18. The van der Waals surface area contributed by atoms with Crippen LogP contribution in [0, 0.1) is 11.3 Å². The van der Waals surface area contributed by atoms with Crippen LogP contribution in [0.1, 0.15) is 40.2 Å². The van der Waals surface area contributed by atoms with Crippen LogP contribution in [0.2, 0.25) is 0 Å². The summed E-state index contributed by atoms with van der Waals surface area (Å²) in [6, 6.07) is 14.7. The molecule has 3 aromatic rings. The Hall–Kier alpha value is -3.96. The quantitative estimate of drug-likeness (QED) is 0.594. The second-order valence-corrected chi connectivity index (χ2v) is 7.69. The van der Waals surface area contributed by atoms with Crippen molar-refractivity contribution in [1.82, 2.24) is 9.97 Å². The van der Waals surface area contributed by atoms with Crippen molar-refractivity contribution in [2.24, 2.45) is 5.73 Å². The summed E-state index contributed by atoms with van der Waals surface area (Å²) in [6.45, 7) is 1.34. The summed E-state index contributed by atoms with van der Waals surface area (Å²) in [5.41, 5.74) is 8.56. The van der Waals surface area contributed by atoms with Gasteiger partial charge in [0.25, 0.3) is 5.91 Å². The van der Waals surface area contributed by atoms with E-state index in [1.807, 2.05) is 12.1 Å². The number of nitrogens with zero attached hydrogens (tertiary/aromatic N) is 3. The molecule has 0 bridgehead atoms. The number of benzene rings is 2. The molecule has 0 aliphatic carbocycles. The number of hydrogen-bond donors (Lipinski definition) is 1. The van der Waals surface area contributed by atoms with Gasteiger partial charge >= 0.3 is 0 Å². The maximum Gasteiger partial charge on any atom is 0.252 e. The summed E-state index contributed by atoms with van der Waals surface area (Å²) >= 11 is 0. The van der Waals surface area contributed by atoms with Gasteiger partial charge in [0, 0.05) is 31.0 Å². The van der Waals surface area contributed by atoms with E-state index < -0.39 is 5.91 Å². The van der Waals surface area contributed by atoms with Crippen molar-refractivity contribution in [3.63, 3.8) is 0 Å². The van der Waals surface area contributed by atoms with Gasteiger partial charge in [-0.3, -0.25) is 4.79 Å². The lowest BCUT2D eigenvalue weighted by Crippen LogP contribution is -2.26. The number of methoxy groups -OCH3 is 1. The third kappa shape index (κ3) is 5.27. The van der Waals surface area contributed by atoms with Gasteiger partial charge in [-0.05, 0) is 42.0 Å². The summed E-state index contributed by atoms with van der Waals surface area (Å²) in [5.74, 6) is 1.04. The predicted molar refractivity (Wildman–Crippen MR) is 121 cm³/mol. The molecule has 0 spiro atoms. The van der Waals surface area contributed by atoms with E-state index in [0.29, 0.717) is 53.8 Å². The first-order chi connectivity index (χ1) is 16.1. The molecule has 2 N–H and O–H groups in total. The van der Waals surface area contributed by atoms with Gasteiger partial charge in [0.05, 0.1) is 37.1 Å². The molecule has 1 fully saturated rings. The molecular formula is C25H24N4O4. The number of primary amides is 1. The highest BCUT2D eigenvalue weighted by molar-refractivity contribution is 5.95. The van der Waals surface area contributed by atoms with Crippen LogP contribution in [-0.2, 0) is 11.2 Å². The van der Waals surface area contributed by atoms with Crippen molar-refractivity contribution in [2.75, 3.05) is 20.3 Å². The van der Waals surface area contributed by atoms with Crippen LogP contribution in [0.15, 0.2) is 48.7 Å². The first-order valence-corrected chi connectivity index (χ1v) is 10.6. The molecule has 4 rings (SSSR count). The Balaban J connectivity index is 1.55. The van der Waals surface area contributed by atoms with E-state index in [0.717, 1.165) is 24.0 Å². The molecule has 8 nitrogen and oxygen atoms in total. The van der Waals surface area contributed by atoms with Gasteiger partial charge in [-0.25, -0.2) is 9.97 Å². The number of hydrogen-bond acceptors (Lipinski definition) is 7. The van der Waals surface area contributed by atoms with E-state index in [9.17, 15) is 10.1 Å². The molecule has 1 aliphatic heterocycles. The molecule has 2 aromatic carbocycles. The van der Waals surface area contributed by atoms with Crippen molar-refractivity contribution in [3.8, 4) is 28.8 Å². The molecule has 0 saturated carbocycles. The van der Waals surface area contributed by atoms with E-state index in [1.54, 1.807) is 36.5 Å². The zero-order chi connectivity index (χ0) is 23.2. The Kier molecular flexibility index (Phi) is 6.81. The molecule has 0 radical (unpaired) electrons. The van der Waals surface area contributed by atoms with Gasteiger partial charge in [-0.1, -0.05) is 6.07 Å². The van der Waals surface area contributed by atoms with Gasteiger partial charge in [-0.2, -0.15) is 5.26 Å². The van der Waals surface area contributed by atoms with Crippen LogP contribution >= 0.6 is 0 Å². The van der Waals surface area contributed by atoms with Gasteiger partial charge in [-0.15, -0.1) is 0 Å². The smallest absolute Gasteiger partial charge is 0.252 e. The average molecular weight is 444 g/mol. The Labute approximate surface area is 191 Å². The van der Waals surface area contributed by atoms with E-state index in [1.165, 1.54) is 7.11 Å². The fourth-order valence-electron chi connectivity index (χ4n) is 3.73. The molecule has 8 heteroatoms. The molecular weight excluding hydrogens is 420 g/mol. The summed E-state index contributed by atoms with van der Waals surface area (Å²) < 4.78 is 16.7. The van der Waals surface area contributed by atoms with Crippen LogP contribution in [0.25, 0.3) is 11.3 Å². The van der Waals surface area contributed by atoms with Crippen molar-refractivity contribution in [3.05, 3.63) is 71.2 Å². The minimum atomic E-state index is -0.547. The number of nitrogens with two attached hydrogens (primary N) is 1. The zero-order valence-electron chi connectivity index (χ0n) is 18.3. The lowest BCUT2D eigenvalue weighted by atomic mass is 10.1. The monoisotopic (exact) mass is 444 g/mol. The van der Waals surface area contributed by atoms with E-state index in [4.69, 9.17) is 19.9 Å². The molecule has 0 unspecified atom stereocenters. The van der Waals surface area contributed by atoms with Crippen molar-refractivity contribution in [2.45, 2.75) is 25.4 Å². The Bertz CT molecular complexity index is 1200. The van der Waals surface area contributed by atoms with Crippen molar-refractivity contribution < 1.29 is 19.0 Å². The Morgan fingerprint density at radius 2 is 2.00 bits per heavy atom. The summed E-state index contributed by atoms with van der Waals surface area (Å²) in [7, 11) is 1.49. The number of carbonyl (C=O) groups excluding carboxylic acids is 1. The third-order valence-electron chi connectivity index (χ3n) is 5.46. The van der Waals surface area contributed by atoms with Crippen molar-refractivity contribution >= 4 is 5.91 Å². The molecule has 1 saturated heterocycles. The lowest BCUT2D eigenvalue weighted by molar-refractivity contribution is 0.0254. The van der Waals surface area contributed by atoms with Gasteiger partial charge < -0.3 is 19.9 Å². The second-order valence-electron chi connectivity index (χ2n) is 7.69. The third-order valence-corrected chi connectivity index (χ3v) is 5.46. The minimum absolute atomic E-state index is 0.0558. The molecule has 2 heterocycles. The first-order valence-electron chi connectivity index (χ1n) is 10.6. The Morgan fingerprint density at radius 1 is 1.18 bits per heavy atom. The van der Waals surface area contributed by atoms with E-state index >= 15 is 0 Å². The van der Waals surface area contributed by atoms with Crippen LogP contribution in [0.3, 0.4) is 0 Å². The normalized spacial score (nSPS) is 13.8. The standard InChI is InChI=1S/C25H24N4O4/c1-31-23-12-16(2-4-20(23)25(27)30)13-24-28-9-6-21(29-24)17-3-5-22(18(14-17)15-26)33-19-7-10-32-11-8-19/h2-6,9,12,14,19H,7-8,10-11,13H2,1H3,(H2,27,30). The number of carbonyl (C=O) groups is 1. The average Bonchev–Trinajstić information content (AvgIpc) is 2.85. The molecule has 1 aromatic heterocycles. The fraction of sp³-hybridized carbons (Fsp3) is 0.280. The second kappa shape index (κ2) is 10.1. The first kappa shape index (κ1) is 22.2. The van der Waals surface area contributed by atoms with Crippen LogP contribution in [0.4, 0.5) is 0 Å². The van der Waals surface area contributed by atoms with Gasteiger partial charge in [0.1, 0.15) is 29.5 Å². The highest BCUT2D eigenvalue weighted by Crippen LogP contribution is 2.28. The van der Waals surface area contributed by atoms with Crippen molar-refractivity contribution in [1.29, 1.82) is 5.26 Å². The fourth-order valence-corrected chi connectivity index (χ4v) is 3.73. The van der Waals surface area contributed by atoms with E-state index in [-0.39, 0.29) is 6.10 Å². The largest absolute Gasteiger partial charge is 0.496 e. The van der Waals surface area contributed by atoms with E-state index in [2.05, 4.69) is 16.0 Å². The predicted octanol–water partition coefficient (Wildman–Crippen LogP) is 3.27. The topological polar surface area (TPSA) is 120 Å². The summed E-state index contributed by atoms with van der Waals surface area (Å²) in [6.07, 6.45) is 3.81. The molecule has 1 amide bonds. The van der Waals surface area contributed by atoms with Gasteiger partial charge in [0.15, 0.2) is 0 Å². The van der Waals surface area contributed by atoms with Crippen LogP contribution < -0.4 is 15.2 Å². The number of nitriles is 1. The number of ether oxygens (including phenoxy) is 3. The summed E-state index contributed by atoms with van der Waals surface area (Å²) in [4.78, 5) is 20.5. The molecule has 1 aliphatic rings. The SMILES string of the molecule is COc1cc(Cc2nccc(-c3ccc(OC4CCOCC4)c(C#N)c3)n2)ccc1C(N)=O. The molecule has 33 heavy (non-hydrogen) atoms. The number of rotatable bonds is 7. The van der Waals surface area contributed by atoms with Crippen LogP contribution in [-0.4, -0.2) is 42.3 Å². The molecule has 0 atom stereocenters. The highest BCUT2D eigenvalue weighted by atomic mass is 16.5. The number of amides is 1. The lowest BCUT2D eigenvalue weighted by Gasteiger charge is -2.23.